The van der Waals surface area contributed by atoms with Crippen molar-refractivity contribution in [3.63, 3.8) is 0 Å². The van der Waals surface area contributed by atoms with Crippen molar-refractivity contribution in [2.24, 2.45) is 11.3 Å². The van der Waals surface area contributed by atoms with Gasteiger partial charge in [-0.2, -0.15) is 0 Å². The van der Waals surface area contributed by atoms with Gasteiger partial charge >= 0.3 is 0 Å². The van der Waals surface area contributed by atoms with Gasteiger partial charge in [0.2, 0.25) is 0 Å². The first-order valence-corrected chi connectivity index (χ1v) is 4.80. The molecule has 2 fully saturated rings. The first-order chi connectivity index (χ1) is 5.27. The van der Waals surface area contributed by atoms with E-state index in [0.29, 0.717) is 11.5 Å². The highest BCUT2D eigenvalue weighted by molar-refractivity contribution is 4.99. The lowest BCUT2D eigenvalue weighted by molar-refractivity contribution is 0.00559. The molecule has 0 spiro atoms. The van der Waals surface area contributed by atoms with E-state index in [1.54, 1.807) is 0 Å². The molecule has 0 N–H and O–H groups in total. The molecule has 1 nitrogen and oxygen atoms in total. The fourth-order valence-electron chi connectivity index (χ4n) is 3.06. The smallest absolute Gasteiger partial charge is 0.0599 e. The van der Waals surface area contributed by atoms with E-state index in [4.69, 9.17) is 4.74 Å². The maximum Gasteiger partial charge on any atom is 0.0599 e. The summed E-state index contributed by atoms with van der Waals surface area (Å²) in [4.78, 5) is 0. The minimum atomic E-state index is 0.495. The molecule has 0 amide bonds. The highest BCUT2D eigenvalue weighted by atomic mass is 16.5. The third-order valence-electron chi connectivity index (χ3n) is 4.01. The Hall–Kier alpha value is -0.0400. The highest BCUT2D eigenvalue weighted by Crippen LogP contribution is 2.56. The summed E-state index contributed by atoms with van der Waals surface area (Å²) in [5.74, 6) is 1.05. The molecule has 0 aliphatic heterocycles. The van der Waals surface area contributed by atoms with E-state index in [1.165, 1.54) is 32.1 Å². The molecule has 0 saturated heterocycles. The normalized spacial score (nSPS) is 44.7. The molecule has 1 atom stereocenters. The summed E-state index contributed by atoms with van der Waals surface area (Å²) >= 11 is 0. The molecular weight excluding hydrogens is 136 g/mol. The predicted molar refractivity (Wildman–Crippen MR) is 45.5 cm³/mol. The Morgan fingerprint density at radius 2 is 2.00 bits per heavy atom. The second-order valence-electron chi connectivity index (χ2n) is 4.39. The maximum absolute atomic E-state index is 5.46. The van der Waals surface area contributed by atoms with Crippen LogP contribution in [-0.4, -0.2) is 13.2 Å². The lowest BCUT2D eigenvalue weighted by Crippen LogP contribution is -2.29. The monoisotopic (exact) mass is 154 g/mol. The van der Waals surface area contributed by atoms with Crippen LogP contribution in [0.3, 0.4) is 0 Å². The Morgan fingerprint density at radius 1 is 1.36 bits per heavy atom. The molecule has 2 aliphatic rings. The number of fused-ring (bicyclic) bond motifs is 2. The Morgan fingerprint density at radius 3 is 2.36 bits per heavy atom. The first-order valence-electron chi connectivity index (χ1n) is 4.80. The molecule has 2 bridgehead atoms. The topological polar surface area (TPSA) is 9.23 Å². The van der Waals surface area contributed by atoms with E-state index >= 15 is 0 Å². The molecule has 2 rings (SSSR count). The number of methoxy groups -OCH3 is 1. The maximum atomic E-state index is 5.46. The van der Waals surface area contributed by atoms with Crippen molar-refractivity contribution in [3.05, 3.63) is 0 Å². The summed E-state index contributed by atoms with van der Waals surface area (Å²) in [5.41, 5.74) is 0.597. The van der Waals surface area contributed by atoms with Crippen molar-refractivity contribution < 1.29 is 4.74 Å². The average molecular weight is 154 g/mol. The van der Waals surface area contributed by atoms with Crippen LogP contribution >= 0.6 is 0 Å². The minimum absolute atomic E-state index is 0.495. The van der Waals surface area contributed by atoms with Crippen molar-refractivity contribution in [1.82, 2.24) is 0 Å². The van der Waals surface area contributed by atoms with Crippen LogP contribution < -0.4 is 0 Å². The lowest BCUT2D eigenvalue weighted by Gasteiger charge is -2.32. The Bertz CT molecular complexity index is 145. The third kappa shape index (κ3) is 1.01. The zero-order valence-electron chi connectivity index (χ0n) is 7.60. The molecule has 1 unspecified atom stereocenters. The average Bonchev–Trinajstić information content (AvgIpc) is 2.62. The fourth-order valence-corrected chi connectivity index (χ4v) is 3.06. The van der Waals surface area contributed by atoms with Crippen LogP contribution in [0, 0.1) is 11.3 Å². The van der Waals surface area contributed by atoms with Crippen LogP contribution in [0.25, 0.3) is 0 Å². The number of rotatable bonds is 2. The van der Waals surface area contributed by atoms with E-state index < -0.39 is 0 Å². The van der Waals surface area contributed by atoms with Gasteiger partial charge in [-0.1, -0.05) is 0 Å². The molecule has 2 aliphatic carbocycles. The number of ether oxygens (including phenoxy) is 1. The van der Waals surface area contributed by atoms with E-state index in [-0.39, 0.29) is 0 Å². The van der Waals surface area contributed by atoms with Gasteiger partial charge in [0.05, 0.1) is 6.10 Å². The summed E-state index contributed by atoms with van der Waals surface area (Å²) in [6.07, 6.45) is 7.72. The molecule has 1 heteroatoms. The molecular formula is C10H18O. The van der Waals surface area contributed by atoms with Gasteiger partial charge in [0.15, 0.2) is 0 Å². The Balaban J connectivity index is 2.09. The lowest BCUT2D eigenvalue weighted by atomic mass is 9.80. The Kier molecular flexibility index (Phi) is 1.71. The quantitative estimate of drug-likeness (QED) is 0.594. The summed E-state index contributed by atoms with van der Waals surface area (Å²) in [7, 11) is 1.85. The third-order valence-corrected chi connectivity index (χ3v) is 4.01. The predicted octanol–water partition coefficient (Wildman–Crippen LogP) is 2.60. The summed E-state index contributed by atoms with van der Waals surface area (Å²) in [6, 6.07) is 0. The molecule has 0 aromatic rings. The largest absolute Gasteiger partial charge is 0.381 e. The van der Waals surface area contributed by atoms with E-state index in [9.17, 15) is 0 Å². The van der Waals surface area contributed by atoms with Gasteiger partial charge in [-0.15, -0.1) is 0 Å². The Labute approximate surface area is 69.1 Å². The zero-order chi connectivity index (χ0) is 7.90. The molecule has 0 heterocycles. The van der Waals surface area contributed by atoms with Crippen LogP contribution in [0.5, 0.6) is 0 Å². The van der Waals surface area contributed by atoms with E-state index in [0.717, 1.165) is 5.92 Å². The van der Waals surface area contributed by atoms with E-state index in [2.05, 4.69) is 6.92 Å². The van der Waals surface area contributed by atoms with Gasteiger partial charge in [0.25, 0.3) is 0 Å². The number of hydrogen-bond donors (Lipinski definition) is 0. The molecule has 0 aromatic carbocycles. The fraction of sp³-hybridized carbons (Fsp3) is 1.00. The summed E-state index contributed by atoms with van der Waals surface area (Å²) in [6.45, 7) is 2.24. The van der Waals surface area contributed by atoms with Crippen molar-refractivity contribution in [3.8, 4) is 0 Å². The summed E-state index contributed by atoms with van der Waals surface area (Å²) < 4.78 is 5.46. The zero-order valence-corrected chi connectivity index (χ0v) is 7.60. The standard InChI is InChI=1S/C10H18O/c1-8(11-2)10-5-3-9(7-10)4-6-10/h8-9H,3-7H2,1-2H3. The van der Waals surface area contributed by atoms with Gasteiger partial charge < -0.3 is 4.74 Å². The van der Waals surface area contributed by atoms with Gasteiger partial charge in [-0.3, -0.25) is 0 Å². The van der Waals surface area contributed by atoms with Crippen LogP contribution in [0.15, 0.2) is 0 Å². The van der Waals surface area contributed by atoms with Crippen LogP contribution in [0.2, 0.25) is 0 Å². The van der Waals surface area contributed by atoms with Crippen LogP contribution in [0.1, 0.15) is 39.0 Å². The highest BCUT2D eigenvalue weighted by Gasteiger charge is 2.48. The van der Waals surface area contributed by atoms with Crippen LogP contribution in [-0.2, 0) is 4.74 Å². The molecule has 64 valence electrons. The molecule has 0 radical (unpaired) electrons. The van der Waals surface area contributed by atoms with Gasteiger partial charge in [0, 0.05) is 7.11 Å². The second kappa shape index (κ2) is 2.48. The molecule has 2 saturated carbocycles. The molecule has 0 aromatic heterocycles. The first kappa shape index (κ1) is 7.60. The van der Waals surface area contributed by atoms with Crippen molar-refractivity contribution in [1.29, 1.82) is 0 Å². The van der Waals surface area contributed by atoms with Crippen molar-refractivity contribution >= 4 is 0 Å². The minimum Gasteiger partial charge on any atom is -0.381 e. The van der Waals surface area contributed by atoms with E-state index in [1.807, 2.05) is 7.11 Å². The van der Waals surface area contributed by atoms with Crippen molar-refractivity contribution in [2.75, 3.05) is 7.11 Å². The van der Waals surface area contributed by atoms with Gasteiger partial charge in [-0.05, 0) is 50.4 Å². The summed E-state index contributed by atoms with van der Waals surface area (Å²) in [5, 5.41) is 0. The van der Waals surface area contributed by atoms with Crippen molar-refractivity contribution in [2.45, 2.75) is 45.1 Å². The SMILES string of the molecule is COC(C)C12CCC(CC1)C2. The molecule has 11 heavy (non-hydrogen) atoms. The van der Waals surface area contributed by atoms with Gasteiger partial charge in [0.1, 0.15) is 0 Å². The number of hydrogen-bond acceptors (Lipinski definition) is 1. The van der Waals surface area contributed by atoms with Gasteiger partial charge in [-0.25, -0.2) is 0 Å². The van der Waals surface area contributed by atoms with Crippen LogP contribution in [0.4, 0.5) is 0 Å². The second-order valence-corrected chi connectivity index (χ2v) is 4.39.